The Hall–Kier alpha value is -2.76. The zero-order valence-electron chi connectivity index (χ0n) is 16.1. The smallest absolute Gasteiger partial charge is 0.251 e. The summed E-state index contributed by atoms with van der Waals surface area (Å²) < 4.78 is 2.07. The molecule has 3 aromatic rings. The van der Waals surface area contributed by atoms with Crippen molar-refractivity contribution in [2.24, 2.45) is 0 Å². The summed E-state index contributed by atoms with van der Waals surface area (Å²) in [5.41, 5.74) is 5.24. The first-order valence-corrected chi connectivity index (χ1v) is 9.56. The lowest BCUT2D eigenvalue weighted by atomic mass is 9.91. The second kappa shape index (κ2) is 7.10. The molecule has 4 rings (SSSR count). The summed E-state index contributed by atoms with van der Waals surface area (Å²) in [7, 11) is 0. The Kier molecular flexibility index (Phi) is 4.64. The minimum atomic E-state index is -0.0321. The van der Waals surface area contributed by atoms with Gasteiger partial charge in [0.25, 0.3) is 5.91 Å². The Labute approximate surface area is 159 Å². The summed E-state index contributed by atoms with van der Waals surface area (Å²) in [5, 5.41) is 7.62. The maximum absolute atomic E-state index is 12.7. The fraction of sp³-hybridized carbons (Fsp3) is 0.429. The molecule has 6 nitrogen and oxygen atoms in total. The third-order valence-electron chi connectivity index (χ3n) is 5.47. The molecule has 0 spiro atoms. The maximum atomic E-state index is 12.7. The average Bonchev–Trinajstić information content (AvgIpc) is 3.09. The second-order valence-corrected chi connectivity index (χ2v) is 7.57. The summed E-state index contributed by atoms with van der Waals surface area (Å²) in [6.07, 6.45) is 8.02. The molecule has 0 unspecified atom stereocenters. The van der Waals surface area contributed by atoms with Crippen LogP contribution < -0.4 is 5.32 Å². The number of hydrogen-bond acceptors (Lipinski definition) is 4. The Balaban J connectivity index is 1.41. The molecule has 0 atom stereocenters. The fourth-order valence-electron chi connectivity index (χ4n) is 3.76. The van der Waals surface area contributed by atoms with Crippen molar-refractivity contribution in [1.29, 1.82) is 0 Å². The third kappa shape index (κ3) is 3.70. The molecule has 0 radical (unpaired) electrons. The standard InChI is InChI=1S/C21H25N5O/c1-13-11-22-26(12-13)18-7-5-17(6-8-18)25-21(27)16-4-9-19-20(10-16)24-15(3)14(2)23-19/h4,9-12,17-18H,5-8H2,1-3H3,(H,25,27). The van der Waals surface area contributed by atoms with E-state index in [1.807, 2.05) is 38.2 Å². The highest BCUT2D eigenvalue weighted by molar-refractivity contribution is 5.97. The van der Waals surface area contributed by atoms with Crippen LogP contribution >= 0.6 is 0 Å². The van der Waals surface area contributed by atoms with E-state index < -0.39 is 0 Å². The minimum absolute atomic E-state index is 0.0321. The molecule has 2 aromatic heterocycles. The molecular weight excluding hydrogens is 338 g/mol. The second-order valence-electron chi connectivity index (χ2n) is 7.57. The van der Waals surface area contributed by atoms with E-state index in [4.69, 9.17) is 0 Å². The Bertz CT molecular complexity index is 985. The van der Waals surface area contributed by atoms with E-state index in [0.717, 1.165) is 48.1 Å². The van der Waals surface area contributed by atoms with Crippen molar-refractivity contribution in [3.63, 3.8) is 0 Å². The highest BCUT2D eigenvalue weighted by atomic mass is 16.1. The summed E-state index contributed by atoms with van der Waals surface area (Å²) in [5.74, 6) is -0.0321. The predicted octanol–water partition coefficient (Wildman–Crippen LogP) is 3.67. The van der Waals surface area contributed by atoms with Crippen LogP contribution in [0.2, 0.25) is 0 Å². The molecule has 1 aliphatic carbocycles. The topological polar surface area (TPSA) is 72.7 Å². The van der Waals surface area contributed by atoms with Crippen molar-refractivity contribution in [2.75, 3.05) is 0 Å². The van der Waals surface area contributed by atoms with Gasteiger partial charge < -0.3 is 5.32 Å². The number of aryl methyl sites for hydroxylation is 3. The maximum Gasteiger partial charge on any atom is 0.251 e. The molecule has 27 heavy (non-hydrogen) atoms. The van der Waals surface area contributed by atoms with Crippen molar-refractivity contribution in [3.8, 4) is 0 Å². The number of carbonyl (C=O) groups is 1. The number of aromatic nitrogens is 4. The molecule has 2 heterocycles. The van der Waals surface area contributed by atoms with Crippen LogP contribution in [0, 0.1) is 20.8 Å². The van der Waals surface area contributed by atoms with Gasteiger partial charge in [0.1, 0.15) is 0 Å². The molecule has 0 saturated heterocycles. The molecule has 1 N–H and O–H groups in total. The quantitative estimate of drug-likeness (QED) is 0.771. The number of fused-ring (bicyclic) bond motifs is 1. The molecule has 140 valence electrons. The van der Waals surface area contributed by atoms with E-state index in [-0.39, 0.29) is 11.9 Å². The van der Waals surface area contributed by atoms with Gasteiger partial charge in [-0.2, -0.15) is 5.10 Å². The van der Waals surface area contributed by atoms with Crippen LogP contribution in [0.4, 0.5) is 0 Å². The lowest BCUT2D eigenvalue weighted by molar-refractivity contribution is 0.0922. The summed E-state index contributed by atoms with van der Waals surface area (Å²) in [6.45, 7) is 5.95. The molecular formula is C21H25N5O. The van der Waals surface area contributed by atoms with Crippen molar-refractivity contribution < 1.29 is 4.79 Å². The number of nitrogens with one attached hydrogen (secondary N) is 1. The van der Waals surface area contributed by atoms with Gasteiger partial charge in [-0.15, -0.1) is 0 Å². The normalized spacial score (nSPS) is 20.0. The lowest BCUT2D eigenvalue weighted by Crippen LogP contribution is -2.38. The fourth-order valence-corrected chi connectivity index (χ4v) is 3.76. The number of hydrogen-bond donors (Lipinski definition) is 1. The van der Waals surface area contributed by atoms with Crippen LogP contribution in [-0.4, -0.2) is 31.7 Å². The molecule has 1 amide bonds. The first-order chi connectivity index (χ1) is 13.0. The first kappa shape index (κ1) is 17.6. The average molecular weight is 363 g/mol. The first-order valence-electron chi connectivity index (χ1n) is 9.56. The lowest BCUT2D eigenvalue weighted by Gasteiger charge is -2.29. The van der Waals surface area contributed by atoms with Gasteiger partial charge in [-0.25, -0.2) is 9.97 Å². The van der Waals surface area contributed by atoms with E-state index in [0.29, 0.717) is 11.6 Å². The monoisotopic (exact) mass is 363 g/mol. The van der Waals surface area contributed by atoms with E-state index in [1.54, 1.807) is 0 Å². The Morgan fingerprint density at radius 3 is 2.41 bits per heavy atom. The molecule has 1 aliphatic rings. The number of amides is 1. The molecule has 0 bridgehead atoms. The number of rotatable bonds is 3. The van der Waals surface area contributed by atoms with E-state index in [2.05, 4.69) is 38.2 Å². The van der Waals surface area contributed by atoms with Crippen LogP contribution in [0.15, 0.2) is 30.6 Å². The summed E-state index contributed by atoms with van der Waals surface area (Å²) in [6, 6.07) is 6.20. The molecule has 1 saturated carbocycles. The van der Waals surface area contributed by atoms with Crippen molar-refractivity contribution in [3.05, 3.63) is 53.1 Å². The van der Waals surface area contributed by atoms with Gasteiger partial charge in [-0.1, -0.05) is 0 Å². The van der Waals surface area contributed by atoms with Crippen LogP contribution in [0.3, 0.4) is 0 Å². The van der Waals surface area contributed by atoms with Crippen LogP contribution in [0.1, 0.15) is 59.0 Å². The largest absolute Gasteiger partial charge is 0.349 e. The zero-order valence-corrected chi connectivity index (χ0v) is 16.1. The number of benzene rings is 1. The molecule has 1 fully saturated rings. The zero-order chi connectivity index (χ0) is 19.0. The van der Waals surface area contributed by atoms with Gasteiger partial charge in [-0.3, -0.25) is 9.48 Å². The summed E-state index contributed by atoms with van der Waals surface area (Å²) >= 11 is 0. The van der Waals surface area contributed by atoms with Gasteiger partial charge in [0, 0.05) is 17.8 Å². The molecule has 0 aliphatic heterocycles. The Morgan fingerprint density at radius 1 is 1.04 bits per heavy atom. The Morgan fingerprint density at radius 2 is 1.74 bits per heavy atom. The van der Waals surface area contributed by atoms with E-state index >= 15 is 0 Å². The van der Waals surface area contributed by atoms with Gasteiger partial charge >= 0.3 is 0 Å². The van der Waals surface area contributed by atoms with E-state index in [9.17, 15) is 4.79 Å². The van der Waals surface area contributed by atoms with Gasteiger partial charge in [0.2, 0.25) is 0 Å². The number of carbonyl (C=O) groups excluding carboxylic acids is 1. The van der Waals surface area contributed by atoms with Crippen molar-refractivity contribution in [2.45, 2.75) is 58.5 Å². The van der Waals surface area contributed by atoms with E-state index in [1.165, 1.54) is 5.56 Å². The van der Waals surface area contributed by atoms with Crippen molar-refractivity contribution in [1.82, 2.24) is 25.1 Å². The van der Waals surface area contributed by atoms with Crippen molar-refractivity contribution >= 4 is 16.9 Å². The third-order valence-corrected chi connectivity index (χ3v) is 5.47. The van der Waals surface area contributed by atoms with Gasteiger partial charge in [-0.05, 0) is 70.2 Å². The van der Waals surface area contributed by atoms with Gasteiger partial charge in [0.15, 0.2) is 0 Å². The molecule has 1 aromatic carbocycles. The highest BCUT2D eigenvalue weighted by Crippen LogP contribution is 2.28. The predicted molar refractivity (Wildman–Crippen MR) is 105 cm³/mol. The highest BCUT2D eigenvalue weighted by Gasteiger charge is 2.24. The molecule has 6 heteroatoms. The minimum Gasteiger partial charge on any atom is -0.349 e. The number of nitrogens with zero attached hydrogens (tertiary/aromatic N) is 4. The summed E-state index contributed by atoms with van der Waals surface area (Å²) in [4.78, 5) is 21.8. The SMILES string of the molecule is Cc1cnn(C2CCC(NC(=O)c3ccc4nc(C)c(C)nc4c3)CC2)c1. The van der Waals surface area contributed by atoms with Gasteiger partial charge in [0.05, 0.1) is 34.7 Å². The van der Waals surface area contributed by atoms with Crippen LogP contribution in [0.5, 0.6) is 0 Å². The van der Waals surface area contributed by atoms with Crippen LogP contribution in [0.25, 0.3) is 11.0 Å². The van der Waals surface area contributed by atoms with Crippen LogP contribution in [-0.2, 0) is 0 Å².